The summed E-state index contributed by atoms with van der Waals surface area (Å²) in [5.74, 6) is -0.441. The van der Waals surface area contributed by atoms with Gasteiger partial charge in [0.25, 0.3) is 0 Å². The lowest BCUT2D eigenvalue weighted by atomic mass is 10.2. The van der Waals surface area contributed by atoms with E-state index in [0.717, 1.165) is 4.90 Å². The van der Waals surface area contributed by atoms with Gasteiger partial charge < -0.3 is 4.74 Å². The Morgan fingerprint density at radius 3 is 2.48 bits per heavy atom. The number of para-hydroxylation sites is 1. The molecular formula is C14H17ClF3NO2. The summed E-state index contributed by atoms with van der Waals surface area (Å²) in [6.45, 7) is 3.84. The molecule has 1 aromatic rings. The molecule has 1 amide bonds. The molecule has 0 spiro atoms. The minimum Gasteiger partial charge on any atom is -0.348 e. The first kappa shape index (κ1) is 17.8. The summed E-state index contributed by atoms with van der Waals surface area (Å²) in [6, 6.07) is 4.99. The van der Waals surface area contributed by atoms with Gasteiger partial charge in [0.1, 0.15) is 6.73 Å². The third-order valence-electron chi connectivity index (χ3n) is 2.98. The van der Waals surface area contributed by atoms with Gasteiger partial charge in [-0.15, -0.1) is 0 Å². The van der Waals surface area contributed by atoms with Crippen LogP contribution in [0.5, 0.6) is 0 Å². The summed E-state index contributed by atoms with van der Waals surface area (Å²) in [5, 5.41) is 0.286. The molecule has 1 rings (SSSR count). The maximum absolute atomic E-state index is 12.7. The number of halogens is 4. The molecule has 1 aromatic carbocycles. The van der Waals surface area contributed by atoms with Gasteiger partial charge in [0.2, 0.25) is 5.91 Å². The van der Waals surface area contributed by atoms with Crippen LogP contribution in [0.2, 0.25) is 5.02 Å². The molecule has 3 nitrogen and oxygen atoms in total. The standard InChI is InChI=1S/C14H17ClF3NO2/c1-4-12(14(16,17)18)21-8-19(10(3)20)13-9(2)6-5-7-11(13)15/h5-7,12H,4,8H2,1-3H3. The van der Waals surface area contributed by atoms with Crippen molar-refractivity contribution < 1.29 is 22.7 Å². The van der Waals surface area contributed by atoms with E-state index >= 15 is 0 Å². The third kappa shape index (κ3) is 4.61. The van der Waals surface area contributed by atoms with Crippen molar-refractivity contribution >= 4 is 23.2 Å². The Bertz CT molecular complexity index is 485. The summed E-state index contributed by atoms with van der Waals surface area (Å²) < 4.78 is 42.9. The van der Waals surface area contributed by atoms with Crippen LogP contribution in [0.3, 0.4) is 0 Å². The molecule has 0 aromatic heterocycles. The lowest BCUT2D eigenvalue weighted by Gasteiger charge is -2.27. The van der Waals surface area contributed by atoms with Crippen LogP contribution >= 0.6 is 11.6 Å². The Hall–Kier alpha value is -1.27. The molecule has 0 fully saturated rings. The summed E-state index contributed by atoms with van der Waals surface area (Å²) in [7, 11) is 0. The minimum absolute atomic E-state index is 0.225. The number of rotatable bonds is 5. The zero-order valence-electron chi connectivity index (χ0n) is 12.0. The van der Waals surface area contributed by atoms with E-state index < -0.39 is 24.9 Å². The normalized spacial score (nSPS) is 13.1. The highest BCUT2D eigenvalue weighted by Crippen LogP contribution is 2.31. The number of benzene rings is 1. The number of hydrogen-bond donors (Lipinski definition) is 0. The Kier molecular flexibility index (Phi) is 6.04. The highest BCUT2D eigenvalue weighted by Gasteiger charge is 2.39. The molecule has 1 unspecified atom stereocenters. The molecule has 7 heteroatoms. The summed E-state index contributed by atoms with van der Waals surface area (Å²) in [5.41, 5.74) is 1.05. The van der Waals surface area contributed by atoms with E-state index in [4.69, 9.17) is 16.3 Å². The molecule has 0 saturated carbocycles. The number of alkyl halides is 3. The number of ether oxygens (including phenoxy) is 1. The number of amides is 1. The summed E-state index contributed by atoms with van der Waals surface area (Å²) >= 11 is 6.04. The molecule has 0 aliphatic rings. The Labute approximate surface area is 126 Å². The van der Waals surface area contributed by atoms with Crippen LogP contribution in [0, 0.1) is 6.92 Å². The van der Waals surface area contributed by atoms with Crippen LogP contribution in [0.4, 0.5) is 18.9 Å². The highest BCUT2D eigenvalue weighted by atomic mass is 35.5. The smallest absolute Gasteiger partial charge is 0.348 e. The molecule has 1 atom stereocenters. The Morgan fingerprint density at radius 1 is 1.43 bits per heavy atom. The number of hydrogen-bond acceptors (Lipinski definition) is 2. The van der Waals surface area contributed by atoms with Crippen molar-refractivity contribution in [1.82, 2.24) is 0 Å². The van der Waals surface area contributed by atoms with Gasteiger partial charge in [0.05, 0.1) is 10.7 Å². The first-order chi connectivity index (χ1) is 9.68. The molecule has 0 saturated heterocycles. The molecule has 0 heterocycles. The van der Waals surface area contributed by atoms with E-state index in [1.165, 1.54) is 13.8 Å². The zero-order valence-corrected chi connectivity index (χ0v) is 12.8. The predicted octanol–water partition coefficient (Wildman–Crippen LogP) is 4.32. The predicted molar refractivity (Wildman–Crippen MR) is 75.4 cm³/mol. The molecule has 21 heavy (non-hydrogen) atoms. The largest absolute Gasteiger partial charge is 0.414 e. The van der Waals surface area contributed by atoms with E-state index in [1.54, 1.807) is 25.1 Å². The van der Waals surface area contributed by atoms with Gasteiger partial charge in [-0.3, -0.25) is 9.69 Å². The van der Waals surface area contributed by atoms with Crippen molar-refractivity contribution in [3.63, 3.8) is 0 Å². The van der Waals surface area contributed by atoms with Crippen LogP contribution < -0.4 is 4.90 Å². The van der Waals surface area contributed by atoms with Gasteiger partial charge in [-0.25, -0.2) is 0 Å². The van der Waals surface area contributed by atoms with Gasteiger partial charge in [0, 0.05) is 6.92 Å². The van der Waals surface area contributed by atoms with Gasteiger partial charge in [-0.1, -0.05) is 30.7 Å². The second-order valence-electron chi connectivity index (χ2n) is 4.59. The second kappa shape index (κ2) is 7.13. The first-order valence-corrected chi connectivity index (χ1v) is 6.77. The molecule has 0 bridgehead atoms. The van der Waals surface area contributed by atoms with Crippen molar-refractivity contribution in [1.29, 1.82) is 0 Å². The quantitative estimate of drug-likeness (QED) is 0.755. The number of aryl methyl sites for hydroxylation is 1. The molecule has 0 aliphatic carbocycles. The molecular weight excluding hydrogens is 307 g/mol. The molecule has 0 aliphatic heterocycles. The van der Waals surface area contributed by atoms with Crippen molar-refractivity contribution in [2.75, 3.05) is 11.6 Å². The summed E-state index contributed by atoms with van der Waals surface area (Å²) in [4.78, 5) is 12.8. The fraction of sp³-hybridized carbons (Fsp3) is 0.500. The van der Waals surface area contributed by atoms with Crippen LogP contribution in [0.25, 0.3) is 0 Å². The van der Waals surface area contributed by atoms with Gasteiger partial charge in [-0.2, -0.15) is 13.2 Å². The highest BCUT2D eigenvalue weighted by molar-refractivity contribution is 6.34. The zero-order chi connectivity index (χ0) is 16.2. The van der Waals surface area contributed by atoms with Crippen molar-refractivity contribution in [3.8, 4) is 0 Å². The SMILES string of the molecule is CCC(OCN(C(C)=O)c1c(C)cccc1Cl)C(F)(F)F. The number of nitrogens with zero attached hydrogens (tertiary/aromatic N) is 1. The monoisotopic (exact) mass is 323 g/mol. The second-order valence-corrected chi connectivity index (χ2v) is 4.99. The van der Waals surface area contributed by atoms with E-state index in [-0.39, 0.29) is 11.4 Å². The Morgan fingerprint density at radius 2 is 2.05 bits per heavy atom. The number of carbonyl (C=O) groups excluding carboxylic acids is 1. The van der Waals surface area contributed by atoms with Gasteiger partial charge >= 0.3 is 6.18 Å². The first-order valence-electron chi connectivity index (χ1n) is 6.40. The van der Waals surface area contributed by atoms with E-state index in [0.29, 0.717) is 11.3 Å². The number of carbonyl (C=O) groups is 1. The van der Waals surface area contributed by atoms with Crippen molar-refractivity contribution in [2.45, 2.75) is 39.5 Å². The minimum atomic E-state index is -4.47. The van der Waals surface area contributed by atoms with E-state index in [9.17, 15) is 18.0 Å². The fourth-order valence-corrected chi connectivity index (χ4v) is 2.21. The maximum atomic E-state index is 12.7. The number of anilines is 1. The van der Waals surface area contributed by atoms with Gasteiger partial charge in [0.15, 0.2) is 6.10 Å². The third-order valence-corrected chi connectivity index (χ3v) is 3.28. The summed E-state index contributed by atoms with van der Waals surface area (Å²) in [6.07, 6.45) is -6.61. The van der Waals surface area contributed by atoms with Crippen LogP contribution in [0.1, 0.15) is 25.8 Å². The van der Waals surface area contributed by atoms with Crippen molar-refractivity contribution in [3.05, 3.63) is 28.8 Å². The van der Waals surface area contributed by atoms with E-state index in [1.807, 2.05) is 0 Å². The van der Waals surface area contributed by atoms with Gasteiger partial charge in [-0.05, 0) is 25.0 Å². The Balaban J connectivity index is 2.97. The molecule has 118 valence electrons. The average molecular weight is 324 g/mol. The molecule has 0 N–H and O–H groups in total. The van der Waals surface area contributed by atoms with E-state index in [2.05, 4.69) is 0 Å². The maximum Gasteiger partial charge on any atom is 0.414 e. The fourth-order valence-electron chi connectivity index (χ4n) is 1.89. The van der Waals surface area contributed by atoms with Crippen LogP contribution in [0.15, 0.2) is 18.2 Å². The molecule has 0 radical (unpaired) electrons. The van der Waals surface area contributed by atoms with Crippen LogP contribution in [-0.2, 0) is 9.53 Å². The topological polar surface area (TPSA) is 29.5 Å². The van der Waals surface area contributed by atoms with Crippen LogP contribution in [-0.4, -0.2) is 24.9 Å². The average Bonchev–Trinajstić information content (AvgIpc) is 2.34. The lowest BCUT2D eigenvalue weighted by Crippen LogP contribution is -2.38. The van der Waals surface area contributed by atoms with Crippen molar-refractivity contribution in [2.24, 2.45) is 0 Å². The lowest BCUT2D eigenvalue weighted by molar-refractivity contribution is -0.220.